The molecular weight excluding hydrogens is 229 g/mol. The third-order valence-corrected chi connectivity index (χ3v) is 3.99. The van der Waals surface area contributed by atoms with Crippen LogP contribution in [0.5, 0.6) is 0 Å². The summed E-state index contributed by atoms with van der Waals surface area (Å²) in [7, 11) is 0. The molecule has 18 heavy (non-hydrogen) atoms. The van der Waals surface area contributed by atoms with E-state index >= 15 is 0 Å². The predicted molar refractivity (Wildman–Crippen MR) is 70.6 cm³/mol. The minimum Gasteiger partial charge on any atom is -0.392 e. The van der Waals surface area contributed by atoms with Gasteiger partial charge in [-0.2, -0.15) is 0 Å². The summed E-state index contributed by atoms with van der Waals surface area (Å²) in [5.74, 6) is 0.539. The van der Waals surface area contributed by atoms with E-state index in [4.69, 9.17) is 5.11 Å². The second-order valence-electron chi connectivity index (χ2n) is 5.25. The van der Waals surface area contributed by atoms with Crippen molar-refractivity contribution >= 4 is 0 Å². The van der Waals surface area contributed by atoms with Gasteiger partial charge in [0, 0.05) is 18.2 Å². The Morgan fingerprint density at radius 2 is 2.22 bits per heavy atom. The molecule has 2 atom stereocenters. The van der Waals surface area contributed by atoms with Crippen molar-refractivity contribution in [3.05, 3.63) is 35.1 Å². The smallest absolute Gasteiger partial charge is 0.128 e. The first-order valence-corrected chi connectivity index (χ1v) is 6.84. The SMILES string of the molecule is CCC1CCC(NCc2ccc(F)c(CO)c2)C1. The van der Waals surface area contributed by atoms with Crippen molar-refractivity contribution in [1.82, 2.24) is 5.32 Å². The van der Waals surface area contributed by atoms with Gasteiger partial charge in [0.15, 0.2) is 0 Å². The molecule has 1 saturated carbocycles. The van der Waals surface area contributed by atoms with Gasteiger partial charge in [0.1, 0.15) is 5.82 Å². The molecule has 2 unspecified atom stereocenters. The topological polar surface area (TPSA) is 32.3 Å². The van der Waals surface area contributed by atoms with Crippen LogP contribution in [-0.2, 0) is 13.2 Å². The lowest BCUT2D eigenvalue weighted by Crippen LogP contribution is -2.25. The Morgan fingerprint density at radius 3 is 2.89 bits per heavy atom. The number of benzene rings is 1. The van der Waals surface area contributed by atoms with Gasteiger partial charge in [0.2, 0.25) is 0 Å². The molecule has 0 aliphatic heterocycles. The lowest BCUT2D eigenvalue weighted by molar-refractivity contribution is 0.275. The summed E-state index contributed by atoms with van der Waals surface area (Å²) in [5, 5.41) is 12.6. The molecule has 3 heteroatoms. The molecule has 1 aromatic carbocycles. The van der Waals surface area contributed by atoms with Gasteiger partial charge in [-0.05, 0) is 42.9 Å². The highest BCUT2D eigenvalue weighted by Gasteiger charge is 2.22. The summed E-state index contributed by atoms with van der Waals surface area (Å²) >= 11 is 0. The van der Waals surface area contributed by atoms with Crippen molar-refractivity contribution in [2.45, 2.75) is 51.8 Å². The Hall–Kier alpha value is -0.930. The Morgan fingerprint density at radius 1 is 1.39 bits per heavy atom. The van der Waals surface area contributed by atoms with Gasteiger partial charge in [-0.3, -0.25) is 0 Å². The first kappa shape index (κ1) is 13.5. The van der Waals surface area contributed by atoms with Crippen molar-refractivity contribution in [3.63, 3.8) is 0 Å². The third kappa shape index (κ3) is 3.30. The number of hydrogen-bond acceptors (Lipinski definition) is 2. The number of nitrogens with one attached hydrogen (secondary N) is 1. The zero-order chi connectivity index (χ0) is 13.0. The minimum absolute atomic E-state index is 0.235. The van der Waals surface area contributed by atoms with Crippen molar-refractivity contribution in [3.8, 4) is 0 Å². The highest BCUT2D eigenvalue weighted by atomic mass is 19.1. The van der Waals surface area contributed by atoms with Crippen molar-refractivity contribution in [2.24, 2.45) is 5.92 Å². The van der Waals surface area contributed by atoms with Crippen LogP contribution in [0.3, 0.4) is 0 Å². The van der Waals surface area contributed by atoms with Crippen LogP contribution in [0.25, 0.3) is 0 Å². The second-order valence-corrected chi connectivity index (χ2v) is 5.25. The maximum Gasteiger partial charge on any atom is 0.128 e. The Bertz CT molecular complexity index is 394. The van der Waals surface area contributed by atoms with E-state index in [2.05, 4.69) is 12.2 Å². The standard InChI is InChI=1S/C15H22FNO/c1-2-11-3-5-14(8-11)17-9-12-4-6-15(16)13(7-12)10-18/h4,6-7,11,14,17-18H,2-3,5,8-10H2,1H3. The molecule has 0 aromatic heterocycles. The second kappa shape index (κ2) is 6.30. The van der Waals surface area contributed by atoms with Gasteiger partial charge in [-0.15, -0.1) is 0 Å². The van der Waals surface area contributed by atoms with E-state index in [1.165, 1.54) is 31.7 Å². The van der Waals surface area contributed by atoms with Crippen molar-refractivity contribution in [1.29, 1.82) is 0 Å². The Kier molecular flexibility index (Phi) is 4.72. The van der Waals surface area contributed by atoms with Gasteiger partial charge in [-0.1, -0.05) is 19.4 Å². The van der Waals surface area contributed by atoms with E-state index in [1.807, 2.05) is 0 Å². The first-order valence-electron chi connectivity index (χ1n) is 6.84. The van der Waals surface area contributed by atoms with Crippen LogP contribution >= 0.6 is 0 Å². The molecule has 1 aliphatic carbocycles. The van der Waals surface area contributed by atoms with Crippen LogP contribution in [0.15, 0.2) is 18.2 Å². The summed E-state index contributed by atoms with van der Waals surface area (Å²) in [6.45, 7) is 2.77. The maximum atomic E-state index is 13.2. The van der Waals surface area contributed by atoms with E-state index in [-0.39, 0.29) is 12.4 Å². The normalized spacial score (nSPS) is 23.5. The Balaban J connectivity index is 1.87. The number of halogens is 1. The number of aliphatic hydroxyl groups excluding tert-OH is 1. The van der Waals surface area contributed by atoms with Crippen LogP contribution in [-0.4, -0.2) is 11.1 Å². The third-order valence-electron chi connectivity index (χ3n) is 3.99. The fourth-order valence-electron chi connectivity index (χ4n) is 2.75. The molecule has 0 radical (unpaired) electrons. The molecule has 2 N–H and O–H groups in total. The molecular formula is C15H22FNO. The van der Waals surface area contributed by atoms with Gasteiger partial charge in [0.05, 0.1) is 6.61 Å². The fourth-order valence-corrected chi connectivity index (χ4v) is 2.75. The molecule has 0 spiro atoms. The molecule has 1 fully saturated rings. The summed E-state index contributed by atoms with van der Waals surface area (Å²) in [5.41, 5.74) is 1.42. The van der Waals surface area contributed by atoms with E-state index in [0.29, 0.717) is 11.6 Å². The Labute approximate surface area is 108 Å². The molecule has 0 saturated heterocycles. The zero-order valence-corrected chi connectivity index (χ0v) is 11.0. The molecule has 0 bridgehead atoms. The summed E-state index contributed by atoms with van der Waals surface area (Å²) in [6.07, 6.45) is 5.08. The van der Waals surface area contributed by atoms with Gasteiger partial charge >= 0.3 is 0 Å². The van der Waals surface area contributed by atoms with Crippen molar-refractivity contribution < 1.29 is 9.50 Å². The maximum absolute atomic E-state index is 13.2. The molecule has 2 nitrogen and oxygen atoms in total. The van der Waals surface area contributed by atoms with Crippen molar-refractivity contribution in [2.75, 3.05) is 0 Å². The molecule has 0 heterocycles. The predicted octanol–water partition coefficient (Wildman–Crippen LogP) is 2.99. The first-order chi connectivity index (χ1) is 8.72. The molecule has 1 aliphatic rings. The van der Waals surface area contributed by atoms with E-state index in [0.717, 1.165) is 18.0 Å². The van der Waals surface area contributed by atoms with Crippen LogP contribution in [0.2, 0.25) is 0 Å². The fraction of sp³-hybridized carbons (Fsp3) is 0.600. The van der Waals surface area contributed by atoms with Crippen LogP contribution in [0.1, 0.15) is 43.7 Å². The summed E-state index contributed by atoms with van der Waals surface area (Å²) < 4.78 is 13.2. The van der Waals surface area contributed by atoms with Gasteiger partial charge in [0.25, 0.3) is 0 Å². The lowest BCUT2D eigenvalue weighted by atomic mass is 10.1. The lowest BCUT2D eigenvalue weighted by Gasteiger charge is -2.13. The van der Waals surface area contributed by atoms with Crippen LogP contribution in [0.4, 0.5) is 4.39 Å². The molecule has 1 aromatic rings. The quantitative estimate of drug-likeness (QED) is 0.843. The summed E-state index contributed by atoms with van der Waals surface area (Å²) in [6, 6.07) is 5.56. The molecule has 100 valence electrons. The van der Waals surface area contributed by atoms with Crippen LogP contribution < -0.4 is 5.32 Å². The largest absolute Gasteiger partial charge is 0.392 e. The zero-order valence-electron chi connectivity index (χ0n) is 11.0. The van der Waals surface area contributed by atoms with E-state index in [9.17, 15) is 4.39 Å². The number of rotatable bonds is 5. The van der Waals surface area contributed by atoms with Gasteiger partial charge < -0.3 is 10.4 Å². The van der Waals surface area contributed by atoms with Crippen LogP contribution in [0, 0.1) is 11.7 Å². The highest BCUT2D eigenvalue weighted by Crippen LogP contribution is 2.28. The highest BCUT2D eigenvalue weighted by molar-refractivity contribution is 5.24. The average molecular weight is 251 g/mol. The summed E-state index contributed by atoms with van der Waals surface area (Å²) in [4.78, 5) is 0. The molecule has 2 rings (SSSR count). The average Bonchev–Trinajstić information content (AvgIpc) is 2.86. The molecule has 0 amide bonds. The minimum atomic E-state index is -0.326. The number of aliphatic hydroxyl groups is 1. The van der Waals surface area contributed by atoms with E-state index < -0.39 is 0 Å². The monoisotopic (exact) mass is 251 g/mol. The number of hydrogen-bond donors (Lipinski definition) is 2. The van der Waals surface area contributed by atoms with Gasteiger partial charge in [-0.25, -0.2) is 4.39 Å². The van der Waals surface area contributed by atoms with E-state index in [1.54, 1.807) is 12.1 Å².